The Bertz CT molecular complexity index is 715. The quantitative estimate of drug-likeness (QED) is 0.742. The number of carbonyl (C=O) groups excluding carboxylic acids is 3. The first-order valence-electron chi connectivity index (χ1n) is 7.23. The molecule has 0 aliphatic carbocycles. The second-order valence-electron chi connectivity index (χ2n) is 4.82. The van der Waals surface area contributed by atoms with Crippen LogP contribution in [0.15, 0.2) is 35.7 Å². The fraction of sp³-hybridized carbons (Fsp3) is 0.250. The molecule has 2 amide bonds. The Morgan fingerprint density at radius 3 is 2.67 bits per heavy atom. The Hall–Kier alpha value is -2.74. The first-order valence-corrected chi connectivity index (χ1v) is 8.11. The number of rotatable bonds is 7. The fourth-order valence-electron chi connectivity index (χ4n) is 1.83. The molecule has 0 aliphatic rings. The standard InChI is InChI=1S/C16H17N3O4S/c1-23-14(21)9-12-10-24-16(18-12)19-13(20)7-8-17-15(22)11-5-3-2-4-6-11/h2-6,10H,7-9H2,1H3,(H,17,22)(H,18,19,20). The van der Waals surface area contributed by atoms with Crippen LogP contribution in [0.1, 0.15) is 22.5 Å². The average molecular weight is 347 g/mol. The molecule has 0 bridgehead atoms. The molecule has 2 aromatic rings. The molecule has 1 aromatic heterocycles. The number of hydrogen-bond acceptors (Lipinski definition) is 6. The molecule has 0 unspecified atom stereocenters. The number of aromatic nitrogens is 1. The maximum absolute atomic E-state index is 11.8. The van der Waals surface area contributed by atoms with Gasteiger partial charge in [-0.2, -0.15) is 0 Å². The average Bonchev–Trinajstić information content (AvgIpc) is 3.02. The molecule has 0 saturated carbocycles. The maximum atomic E-state index is 11.8. The van der Waals surface area contributed by atoms with Crippen molar-refractivity contribution in [2.75, 3.05) is 19.0 Å². The molecule has 2 rings (SSSR count). The van der Waals surface area contributed by atoms with Gasteiger partial charge in [0.15, 0.2) is 5.13 Å². The highest BCUT2D eigenvalue weighted by Crippen LogP contribution is 2.16. The summed E-state index contributed by atoms with van der Waals surface area (Å²) in [6, 6.07) is 8.78. The van der Waals surface area contributed by atoms with Crippen molar-refractivity contribution in [1.82, 2.24) is 10.3 Å². The molecular formula is C16H17N3O4S. The third-order valence-electron chi connectivity index (χ3n) is 3.02. The first-order chi connectivity index (χ1) is 11.6. The highest BCUT2D eigenvalue weighted by Gasteiger charge is 2.10. The van der Waals surface area contributed by atoms with Crippen LogP contribution in [-0.2, 0) is 20.7 Å². The summed E-state index contributed by atoms with van der Waals surface area (Å²) in [4.78, 5) is 38.9. The van der Waals surface area contributed by atoms with Crippen LogP contribution >= 0.6 is 11.3 Å². The molecule has 8 heteroatoms. The SMILES string of the molecule is COC(=O)Cc1csc(NC(=O)CCNC(=O)c2ccccc2)n1. The van der Waals surface area contributed by atoms with Gasteiger partial charge in [-0.25, -0.2) is 4.98 Å². The van der Waals surface area contributed by atoms with Gasteiger partial charge in [-0.15, -0.1) is 11.3 Å². The third kappa shape index (κ3) is 5.47. The Labute approximate surface area is 143 Å². The zero-order chi connectivity index (χ0) is 17.4. The molecule has 7 nitrogen and oxygen atoms in total. The lowest BCUT2D eigenvalue weighted by Gasteiger charge is -2.05. The molecule has 0 atom stereocenters. The predicted molar refractivity (Wildman–Crippen MR) is 89.9 cm³/mol. The summed E-state index contributed by atoms with van der Waals surface area (Å²) in [5.41, 5.74) is 1.09. The van der Waals surface area contributed by atoms with Crippen LogP contribution in [0.25, 0.3) is 0 Å². The normalized spacial score (nSPS) is 10.0. The largest absolute Gasteiger partial charge is 0.469 e. The Balaban J connectivity index is 1.73. The van der Waals surface area contributed by atoms with Gasteiger partial charge in [0.25, 0.3) is 5.91 Å². The lowest BCUT2D eigenvalue weighted by molar-refractivity contribution is -0.139. The zero-order valence-corrected chi connectivity index (χ0v) is 13.9. The summed E-state index contributed by atoms with van der Waals surface area (Å²) in [7, 11) is 1.31. The van der Waals surface area contributed by atoms with E-state index >= 15 is 0 Å². The number of amides is 2. The van der Waals surface area contributed by atoms with Crippen LogP contribution in [-0.4, -0.2) is 36.4 Å². The highest BCUT2D eigenvalue weighted by atomic mass is 32.1. The molecule has 0 spiro atoms. The number of ether oxygens (including phenoxy) is 1. The van der Waals surface area contributed by atoms with Crippen molar-refractivity contribution < 1.29 is 19.1 Å². The Morgan fingerprint density at radius 1 is 1.21 bits per heavy atom. The minimum absolute atomic E-state index is 0.0655. The van der Waals surface area contributed by atoms with Crippen LogP contribution in [0.2, 0.25) is 0 Å². The van der Waals surface area contributed by atoms with Crippen molar-refractivity contribution in [1.29, 1.82) is 0 Å². The van der Waals surface area contributed by atoms with Crippen molar-refractivity contribution in [3.05, 3.63) is 47.0 Å². The number of hydrogen-bond donors (Lipinski definition) is 2. The lowest BCUT2D eigenvalue weighted by Crippen LogP contribution is -2.27. The summed E-state index contributed by atoms with van der Waals surface area (Å²) in [5, 5.41) is 7.40. The smallest absolute Gasteiger partial charge is 0.311 e. The van der Waals surface area contributed by atoms with E-state index in [9.17, 15) is 14.4 Å². The Kier molecular flexibility index (Phi) is 6.44. The first kappa shape index (κ1) is 17.6. The molecular weight excluding hydrogens is 330 g/mol. The number of esters is 1. The fourth-order valence-corrected chi connectivity index (χ4v) is 2.55. The van der Waals surface area contributed by atoms with Crippen LogP contribution in [0, 0.1) is 0 Å². The molecule has 2 N–H and O–H groups in total. The summed E-state index contributed by atoms with van der Waals surface area (Å²) in [6.07, 6.45) is 0.195. The van der Waals surface area contributed by atoms with Crippen LogP contribution in [0.4, 0.5) is 5.13 Å². The number of thiazole rings is 1. The van der Waals surface area contributed by atoms with Crippen LogP contribution < -0.4 is 10.6 Å². The molecule has 0 aliphatic heterocycles. The predicted octanol–water partition coefficient (Wildman–Crippen LogP) is 1.62. The molecule has 1 heterocycles. The molecule has 24 heavy (non-hydrogen) atoms. The monoisotopic (exact) mass is 347 g/mol. The summed E-state index contributed by atoms with van der Waals surface area (Å²) >= 11 is 1.23. The van der Waals surface area contributed by atoms with E-state index in [0.717, 1.165) is 0 Å². The minimum atomic E-state index is -0.387. The van der Waals surface area contributed by atoms with E-state index < -0.39 is 0 Å². The number of anilines is 1. The van der Waals surface area contributed by atoms with E-state index in [1.165, 1.54) is 18.4 Å². The van der Waals surface area contributed by atoms with E-state index in [1.807, 2.05) is 6.07 Å². The van der Waals surface area contributed by atoms with Gasteiger partial charge in [-0.3, -0.25) is 14.4 Å². The van der Waals surface area contributed by atoms with Gasteiger partial charge in [0.1, 0.15) is 0 Å². The topological polar surface area (TPSA) is 97.4 Å². The lowest BCUT2D eigenvalue weighted by atomic mass is 10.2. The second kappa shape index (κ2) is 8.78. The maximum Gasteiger partial charge on any atom is 0.311 e. The van der Waals surface area contributed by atoms with Gasteiger partial charge < -0.3 is 15.4 Å². The van der Waals surface area contributed by atoms with Crippen molar-refractivity contribution in [2.24, 2.45) is 0 Å². The van der Waals surface area contributed by atoms with E-state index in [4.69, 9.17) is 0 Å². The van der Waals surface area contributed by atoms with Gasteiger partial charge in [0.05, 0.1) is 19.2 Å². The van der Waals surface area contributed by atoms with E-state index in [2.05, 4.69) is 20.4 Å². The molecule has 1 aromatic carbocycles. The van der Waals surface area contributed by atoms with Gasteiger partial charge in [-0.05, 0) is 12.1 Å². The van der Waals surface area contributed by atoms with Gasteiger partial charge in [0.2, 0.25) is 5.91 Å². The number of carbonyl (C=O) groups is 3. The van der Waals surface area contributed by atoms with Crippen molar-refractivity contribution in [2.45, 2.75) is 12.8 Å². The van der Waals surface area contributed by atoms with E-state index in [-0.39, 0.29) is 37.2 Å². The van der Waals surface area contributed by atoms with Crippen molar-refractivity contribution >= 4 is 34.3 Å². The number of nitrogens with one attached hydrogen (secondary N) is 2. The third-order valence-corrected chi connectivity index (χ3v) is 3.83. The molecule has 0 saturated heterocycles. The summed E-state index contributed by atoms with van der Waals surface area (Å²) in [6.45, 7) is 0.222. The van der Waals surface area contributed by atoms with Crippen molar-refractivity contribution in [3.63, 3.8) is 0 Å². The van der Waals surface area contributed by atoms with Crippen LogP contribution in [0.3, 0.4) is 0 Å². The summed E-state index contributed by atoms with van der Waals surface area (Å²) in [5.74, 6) is -0.873. The van der Waals surface area contributed by atoms with Gasteiger partial charge in [0, 0.05) is 23.9 Å². The molecule has 0 fully saturated rings. The van der Waals surface area contributed by atoms with Gasteiger partial charge in [-0.1, -0.05) is 18.2 Å². The number of methoxy groups -OCH3 is 1. The van der Waals surface area contributed by atoms with E-state index in [0.29, 0.717) is 16.4 Å². The molecule has 126 valence electrons. The molecule has 0 radical (unpaired) electrons. The zero-order valence-electron chi connectivity index (χ0n) is 13.1. The minimum Gasteiger partial charge on any atom is -0.469 e. The second-order valence-corrected chi connectivity index (χ2v) is 5.68. The van der Waals surface area contributed by atoms with Gasteiger partial charge >= 0.3 is 5.97 Å². The summed E-state index contributed by atoms with van der Waals surface area (Å²) < 4.78 is 4.55. The number of benzene rings is 1. The van der Waals surface area contributed by atoms with Crippen LogP contribution in [0.5, 0.6) is 0 Å². The van der Waals surface area contributed by atoms with Crippen molar-refractivity contribution in [3.8, 4) is 0 Å². The number of nitrogens with zero attached hydrogens (tertiary/aromatic N) is 1. The van der Waals surface area contributed by atoms with E-state index in [1.54, 1.807) is 29.6 Å². The Morgan fingerprint density at radius 2 is 1.96 bits per heavy atom. The highest BCUT2D eigenvalue weighted by molar-refractivity contribution is 7.13.